The van der Waals surface area contributed by atoms with E-state index < -0.39 is 0 Å². The number of hydrogen-bond acceptors (Lipinski definition) is 3. The molecule has 1 rings (SSSR count). The van der Waals surface area contributed by atoms with E-state index in [0.717, 1.165) is 13.0 Å². The third-order valence-corrected chi connectivity index (χ3v) is 3.14. The topological polar surface area (TPSA) is 35.2 Å². The molecule has 0 aromatic heterocycles. The van der Waals surface area contributed by atoms with Crippen LogP contribution in [0, 0.1) is 0 Å². The lowest BCUT2D eigenvalue weighted by Crippen LogP contribution is -2.54. The molecule has 3 atom stereocenters. The first kappa shape index (κ1) is 8.37. The molecule has 0 aliphatic heterocycles. The van der Waals surface area contributed by atoms with Crippen LogP contribution in [0.3, 0.4) is 0 Å². The molecule has 0 heterocycles. The van der Waals surface area contributed by atoms with Crippen molar-refractivity contribution >= 4 is 11.8 Å². The van der Waals surface area contributed by atoms with Gasteiger partial charge in [0.25, 0.3) is 0 Å². The van der Waals surface area contributed by atoms with Crippen molar-refractivity contribution in [3.8, 4) is 0 Å². The first-order chi connectivity index (χ1) is 4.79. The Morgan fingerprint density at radius 3 is 2.80 bits per heavy atom. The molecular formula is C7H15NOS. The van der Waals surface area contributed by atoms with Gasteiger partial charge in [0, 0.05) is 17.9 Å². The van der Waals surface area contributed by atoms with Crippen molar-refractivity contribution in [3.05, 3.63) is 0 Å². The first-order valence-corrected chi connectivity index (χ1v) is 4.98. The molecule has 1 aliphatic carbocycles. The van der Waals surface area contributed by atoms with Crippen molar-refractivity contribution in [1.29, 1.82) is 0 Å². The van der Waals surface area contributed by atoms with Crippen molar-refractivity contribution in [2.24, 2.45) is 5.73 Å². The van der Waals surface area contributed by atoms with Gasteiger partial charge in [0.1, 0.15) is 0 Å². The fourth-order valence-corrected chi connectivity index (χ4v) is 2.27. The molecule has 2 nitrogen and oxygen atoms in total. The van der Waals surface area contributed by atoms with Crippen LogP contribution in [0.15, 0.2) is 0 Å². The highest BCUT2D eigenvalue weighted by molar-refractivity contribution is 7.99. The summed E-state index contributed by atoms with van der Waals surface area (Å²) >= 11 is 1.82. The number of ether oxygens (including phenoxy) is 1. The quantitative estimate of drug-likeness (QED) is 0.666. The average molecular weight is 161 g/mol. The molecule has 0 aromatic rings. The molecule has 2 N–H and O–H groups in total. The van der Waals surface area contributed by atoms with Crippen LogP contribution in [0.2, 0.25) is 0 Å². The van der Waals surface area contributed by atoms with Gasteiger partial charge in [-0.05, 0) is 19.6 Å². The molecule has 0 unspecified atom stereocenters. The molecule has 0 saturated heterocycles. The second kappa shape index (κ2) is 3.60. The Morgan fingerprint density at radius 1 is 1.70 bits per heavy atom. The Bertz CT molecular complexity index is 108. The summed E-state index contributed by atoms with van der Waals surface area (Å²) in [4.78, 5) is 0. The maximum atomic E-state index is 5.75. The maximum Gasteiger partial charge on any atom is 0.0723 e. The van der Waals surface area contributed by atoms with Gasteiger partial charge in [-0.1, -0.05) is 0 Å². The Morgan fingerprint density at radius 2 is 2.40 bits per heavy atom. The summed E-state index contributed by atoms with van der Waals surface area (Å²) in [5.41, 5.74) is 5.75. The minimum Gasteiger partial charge on any atom is -0.377 e. The molecule has 60 valence electrons. The SMILES string of the molecule is CCO[C@@H]1C[C@H](N)[C@@H]1SC. The Kier molecular flexibility index (Phi) is 3.01. The van der Waals surface area contributed by atoms with E-state index in [9.17, 15) is 0 Å². The van der Waals surface area contributed by atoms with Gasteiger partial charge in [-0.15, -0.1) is 0 Å². The van der Waals surface area contributed by atoms with Gasteiger partial charge >= 0.3 is 0 Å². The lowest BCUT2D eigenvalue weighted by Gasteiger charge is -2.40. The van der Waals surface area contributed by atoms with Crippen LogP contribution in [-0.4, -0.2) is 30.3 Å². The maximum absolute atomic E-state index is 5.75. The van der Waals surface area contributed by atoms with Gasteiger partial charge in [0.05, 0.1) is 6.10 Å². The zero-order valence-electron chi connectivity index (χ0n) is 6.54. The molecule has 0 spiro atoms. The van der Waals surface area contributed by atoms with E-state index in [1.54, 1.807) is 0 Å². The number of hydrogen-bond donors (Lipinski definition) is 1. The van der Waals surface area contributed by atoms with E-state index in [1.807, 2.05) is 18.7 Å². The molecule has 10 heavy (non-hydrogen) atoms. The number of rotatable bonds is 3. The van der Waals surface area contributed by atoms with Crippen LogP contribution < -0.4 is 5.73 Å². The lowest BCUT2D eigenvalue weighted by molar-refractivity contribution is 0.00541. The Hall–Kier alpha value is 0.270. The van der Waals surface area contributed by atoms with E-state index in [0.29, 0.717) is 17.4 Å². The van der Waals surface area contributed by atoms with Crippen LogP contribution >= 0.6 is 11.8 Å². The Balaban J connectivity index is 2.23. The fourth-order valence-electron chi connectivity index (χ4n) is 1.32. The highest BCUT2D eigenvalue weighted by Crippen LogP contribution is 2.31. The van der Waals surface area contributed by atoms with Gasteiger partial charge in [0.2, 0.25) is 0 Å². The van der Waals surface area contributed by atoms with E-state index in [1.165, 1.54) is 0 Å². The molecule has 1 fully saturated rings. The summed E-state index contributed by atoms with van der Waals surface area (Å²) in [5, 5.41) is 0.542. The van der Waals surface area contributed by atoms with Gasteiger partial charge in [-0.3, -0.25) is 0 Å². The van der Waals surface area contributed by atoms with Crippen molar-refractivity contribution in [2.45, 2.75) is 30.7 Å². The molecule has 1 aliphatic rings. The summed E-state index contributed by atoms with van der Waals surface area (Å²) in [5.74, 6) is 0. The Labute approximate surface area is 66.5 Å². The normalized spacial score (nSPS) is 39.3. The molecule has 3 heteroatoms. The standard InChI is InChI=1S/C7H15NOS/c1-3-9-6-4-5(8)7(6)10-2/h5-7H,3-4,8H2,1-2H3/t5-,6+,7-/m0/s1. The van der Waals surface area contributed by atoms with E-state index in [-0.39, 0.29) is 0 Å². The first-order valence-electron chi connectivity index (χ1n) is 3.69. The lowest BCUT2D eigenvalue weighted by atomic mass is 9.89. The third kappa shape index (κ3) is 1.47. The van der Waals surface area contributed by atoms with Gasteiger partial charge in [-0.2, -0.15) is 11.8 Å². The molecule has 0 amide bonds. The van der Waals surface area contributed by atoms with Crippen molar-refractivity contribution < 1.29 is 4.74 Å². The van der Waals surface area contributed by atoms with Crippen LogP contribution in [0.4, 0.5) is 0 Å². The highest BCUT2D eigenvalue weighted by atomic mass is 32.2. The summed E-state index contributed by atoms with van der Waals surface area (Å²) < 4.78 is 5.45. The smallest absolute Gasteiger partial charge is 0.0723 e. The predicted molar refractivity (Wildman–Crippen MR) is 45.3 cm³/mol. The average Bonchev–Trinajstić information content (AvgIpc) is 1.88. The zero-order chi connectivity index (χ0) is 7.56. The minimum atomic E-state index is 0.367. The molecule has 0 aromatic carbocycles. The number of thioether (sulfide) groups is 1. The summed E-state index contributed by atoms with van der Waals surface area (Å²) in [6, 6.07) is 0.367. The molecule has 1 saturated carbocycles. The second-order valence-corrected chi connectivity index (χ2v) is 3.61. The molecular weight excluding hydrogens is 146 g/mol. The van der Waals surface area contributed by atoms with Crippen LogP contribution in [0.1, 0.15) is 13.3 Å². The van der Waals surface area contributed by atoms with Crippen LogP contribution in [-0.2, 0) is 4.74 Å². The van der Waals surface area contributed by atoms with Gasteiger partial charge in [0.15, 0.2) is 0 Å². The van der Waals surface area contributed by atoms with E-state index in [2.05, 4.69) is 6.26 Å². The second-order valence-electron chi connectivity index (χ2n) is 2.59. The predicted octanol–water partition coefficient (Wildman–Crippen LogP) is 0.854. The van der Waals surface area contributed by atoms with Crippen LogP contribution in [0.25, 0.3) is 0 Å². The van der Waals surface area contributed by atoms with Crippen molar-refractivity contribution in [2.75, 3.05) is 12.9 Å². The summed E-state index contributed by atoms with van der Waals surface area (Å²) in [7, 11) is 0. The largest absolute Gasteiger partial charge is 0.377 e. The van der Waals surface area contributed by atoms with Crippen LogP contribution in [0.5, 0.6) is 0 Å². The van der Waals surface area contributed by atoms with E-state index >= 15 is 0 Å². The molecule has 0 radical (unpaired) electrons. The zero-order valence-corrected chi connectivity index (χ0v) is 7.36. The highest BCUT2D eigenvalue weighted by Gasteiger charge is 2.38. The molecule has 0 bridgehead atoms. The van der Waals surface area contributed by atoms with Crippen molar-refractivity contribution in [1.82, 2.24) is 0 Å². The monoisotopic (exact) mass is 161 g/mol. The fraction of sp³-hybridized carbons (Fsp3) is 1.00. The van der Waals surface area contributed by atoms with Gasteiger partial charge in [-0.25, -0.2) is 0 Å². The summed E-state index contributed by atoms with van der Waals surface area (Å²) in [6.07, 6.45) is 3.56. The van der Waals surface area contributed by atoms with Crippen molar-refractivity contribution in [3.63, 3.8) is 0 Å². The third-order valence-electron chi connectivity index (χ3n) is 1.95. The number of nitrogens with two attached hydrogens (primary N) is 1. The summed E-state index contributed by atoms with van der Waals surface area (Å²) in [6.45, 7) is 2.84. The minimum absolute atomic E-state index is 0.367. The van der Waals surface area contributed by atoms with Gasteiger partial charge < -0.3 is 10.5 Å². The van der Waals surface area contributed by atoms with E-state index in [4.69, 9.17) is 10.5 Å².